The molecule has 0 bridgehead atoms. The highest BCUT2D eigenvalue weighted by Gasteiger charge is 2.19. The van der Waals surface area contributed by atoms with Gasteiger partial charge in [-0.05, 0) is 44.6 Å². The van der Waals surface area contributed by atoms with Gasteiger partial charge in [0.05, 0.1) is 6.04 Å². The summed E-state index contributed by atoms with van der Waals surface area (Å²) >= 11 is 0. The van der Waals surface area contributed by atoms with Crippen molar-refractivity contribution in [3.63, 3.8) is 0 Å². The van der Waals surface area contributed by atoms with Crippen LogP contribution in [0.25, 0.3) is 0 Å². The molecule has 3 heteroatoms. The summed E-state index contributed by atoms with van der Waals surface area (Å²) in [6.45, 7) is 8.09. The second-order valence-corrected chi connectivity index (χ2v) is 5.40. The van der Waals surface area contributed by atoms with Crippen LogP contribution in [0.5, 0.6) is 0 Å². The van der Waals surface area contributed by atoms with Gasteiger partial charge in [-0.25, -0.2) is 0 Å². The van der Waals surface area contributed by atoms with Crippen LogP contribution in [0.15, 0.2) is 0 Å². The van der Waals surface area contributed by atoms with E-state index in [0.29, 0.717) is 5.92 Å². The minimum atomic E-state index is -0.0484. The van der Waals surface area contributed by atoms with Gasteiger partial charge in [0.2, 0.25) is 5.91 Å². The van der Waals surface area contributed by atoms with Crippen molar-refractivity contribution >= 4 is 5.91 Å². The van der Waals surface area contributed by atoms with E-state index in [1.807, 2.05) is 6.92 Å². The number of nitrogens with one attached hydrogen (secondary N) is 2. The van der Waals surface area contributed by atoms with Crippen molar-refractivity contribution in [2.75, 3.05) is 13.1 Å². The fourth-order valence-corrected chi connectivity index (χ4v) is 1.77. The summed E-state index contributed by atoms with van der Waals surface area (Å²) in [7, 11) is 0. The van der Waals surface area contributed by atoms with E-state index in [2.05, 4.69) is 24.5 Å². The summed E-state index contributed by atoms with van der Waals surface area (Å²) < 4.78 is 0. The lowest BCUT2D eigenvalue weighted by Crippen LogP contribution is -2.44. The molecule has 94 valence electrons. The highest BCUT2D eigenvalue weighted by Crippen LogP contribution is 2.25. The van der Waals surface area contributed by atoms with E-state index >= 15 is 0 Å². The molecule has 3 nitrogen and oxygen atoms in total. The SMILES string of the molecule is CC(C)CCNC(=O)C(C)NCC1CCC1. The Morgan fingerprint density at radius 1 is 1.31 bits per heavy atom. The summed E-state index contributed by atoms with van der Waals surface area (Å²) in [5, 5.41) is 6.28. The zero-order valence-corrected chi connectivity index (χ0v) is 10.9. The molecule has 16 heavy (non-hydrogen) atoms. The van der Waals surface area contributed by atoms with E-state index in [0.717, 1.165) is 25.4 Å². The van der Waals surface area contributed by atoms with Gasteiger partial charge in [0.25, 0.3) is 0 Å². The number of rotatable bonds is 7. The summed E-state index contributed by atoms with van der Waals surface area (Å²) in [6, 6.07) is -0.0484. The predicted octanol–water partition coefficient (Wildman–Crippen LogP) is 1.93. The number of hydrogen-bond donors (Lipinski definition) is 2. The molecule has 0 spiro atoms. The van der Waals surface area contributed by atoms with Crippen LogP contribution in [0.4, 0.5) is 0 Å². The first-order valence-electron chi connectivity index (χ1n) is 6.60. The molecule has 1 atom stereocenters. The van der Waals surface area contributed by atoms with E-state index in [4.69, 9.17) is 0 Å². The van der Waals surface area contributed by atoms with E-state index in [-0.39, 0.29) is 11.9 Å². The third-order valence-corrected chi connectivity index (χ3v) is 3.35. The molecule has 1 fully saturated rings. The molecule has 1 aliphatic carbocycles. The van der Waals surface area contributed by atoms with E-state index in [1.54, 1.807) is 0 Å². The Labute approximate surface area is 99.4 Å². The van der Waals surface area contributed by atoms with Crippen molar-refractivity contribution < 1.29 is 4.79 Å². The Hall–Kier alpha value is -0.570. The second kappa shape index (κ2) is 6.89. The van der Waals surface area contributed by atoms with Gasteiger partial charge in [0.15, 0.2) is 0 Å². The summed E-state index contributed by atoms with van der Waals surface area (Å²) in [4.78, 5) is 11.7. The largest absolute Gasteiger partial charge is 0.355 e. The molecule has 1 rings (SSSR count). The van der Waals surface area contributed by atoms with Gasteiger partial charge in [-0.1, -0.05) is 20.3 Å². The van der Waals surface area contributed by atoms with Crippen LogP contribution >= 0.6 is 0 Å². The van der Waals surface area contributed by atoms with Gasteiger partial charge in [0, 0.05) is 6.54 Å². The zero-order chi connectivity index (χ0) is 12.0. The fourth-order valence-electron chi connectivity index (χ4n) is 1.77. The average Bonchev–Trinajstić information content (AvgIpc) is 2.14. The van der Waals surface area contributed by atoms with Gasteiger partial charge in [-0.15, -0.1) is 0 Å². The number of carbonyl (C=O) groups excluding carboxylic acids is 1. The Morgan fingerprint density at radius 2 is 2.00 bits per heavy atom. The van der Waals surface area contributed by atoms with Crippen LogP contribution in [0.1, 0.15) is 46.5 Å². The van der Waals surface area contributed by atoms with Crippen molar-refractivity contribution in [3.8, 4) is 0 Å². The van der Waals surface area contributed by atoms with Crippen LogP contribution in [0.2, 0.25) is 0 Å². The Morgan fingerprint density at radius 3 is 2.50 bits per heavy atom. The summed E-state index contributed by atoms with van der Waals surface area (Å²) in [5.41, 5.74) is 0. The van der Waals surface area contributed by atoms with Gasteiger partial charge < -0.3 is 10.6 Å². The van der Waals surface area contributed by atoms with E-state index < -0.39 is 0 Å². The zero-order valence-electron chi connectivity index (χ0n) is 10.9. The Bertz CT molecular complexity index is 212. The molecule has 0 saturated heterocycles. The summed E-state index contributed by atoms with van der Waals surface area (Å²) in [6.07, 6.45) is 5.08. The maximum Gasteiger partial charge on any atom is 0.236 e. The van der Waals surface area contributed by atoms with Crippen LogP contribution in [0, 0.1) is 11.8 Å². The van der Waals surface area contributed by atoms with Crippen LogP contribution in [0.3, 0.4) is 0 Å². The minimum absolute atomic E-state index is 0.0484. The quantitative estimate of drug-likeness (QED) is 0.696. The molecule has 0 aliphatic heterocycles. The van der Waals surface area contributed by atoms with Crippen molar-refractivity contribution in [1.29, 1.82) is 0 Å². The number of carbonyl (C=O) groups is 1. The van der Waals surface area contributed by atoms with Crippen LogP contribution < -0.4 is 10.6 Å². The molecule has 1 amide bonds. The van der Waals surface area contributed by atoms with Gasteiger partial charge in [0.1, 0.15) is 0 Å². The molecular formula is C13H26N2O. The molecule has 1 saturated carbocycles. The molecule has 0 aromatic carbocycles. The average molecular weight is 226 g/mol. The van der Waals surface area contributed by atoms with Crippen LogP contribution in [-0.2, 0) is 4.79 Å². The molecule has 0 aromatic rings. The third kappa shape index (κ3) is 4.97. The normalized spacial score (nSPS) is 18.2. The minimum Gasteiger partial charge on any atom is -0.355 e. The maximum atomic E-state index is 11.7. The molecule has 2 N–H and O–H groups in total. The van der Waals surface area contributed by atoms with Crippen molar-refractivity contribution in [2.24, 2.45) is 11.8 Å². The fraction of sp³-hybridized carbons (Fsp3) is 0.923. The molecule has 1 unspecified atom stereocenters. The number of amides is 1. The summed E-state index contributed by atoms with van der Waals surface area (Å²) in [5.74, 6) is 1.60. The van der Waals surface area contributed by atoms with Gasteiger partial charge in [-0.2, -0.15) is 0 Å². The van der Waals surface area contributed by atoms with Crippen molar-refractivity contribution in [3.05, 3.63) is 0 Å². The first-order chi connectivity index (χ1) is 7.59. The van der Waals surface area contributed by atoms with Gasteiger partial charge >= 0.3 is 0 Å². The molecule has 0 heterocycles. The smallest absolute Gasteiger partial charge is 0.236 e. The highest BCUT2D eigenvalue weighted by atomic mass is 16.2. The highest BCUT2D eigenvalue weighted by molar-refractivity contribution is 5.81. The molecular weight excluding hydrogens is 200 g/mol. The van der Waals surface area contributed by atoms with Crippen molar-refractivity contribution in [1.82, 2.24) is 10.6 Å². The Kier molecular flexibility index (Phi) is 5.81. The van der Waals surface area contributed by atoms with E-state index in [1.165, 1.54) is 19.3 Å². The predicted molar refractivity (Wildman–Crippen MR) is 67.3 cm³/mol. The van der Waals surface area contributed by atoms with Crippen LogP contribution in [-0.4, -0.2) is 25.0 Å². The number of hydrogen-bond acceptors (Lipinski definition) is 2. The van der Waals surface area contributed by atoms with Crippen molar-refractivity contribution in [2.45, 2.75) is 52.5 Å². The maximum absolute atomic E-state index is 11.7. The standard InChI is InChI=1S/C13H26N2O/c1-10(2)7-8-14-13(16)11(3)15-9-12-5-4-6-12/h10-12,15H,4-9H2,1-3H3,(H,14,16). The van der Waals surface area contributed by atoms with Gasteiger partial charge in [-0.3, -0.25) is 4.79 Å². The Balaban J connectivity index is 2.04. The first-order valence-corrected chi connectivity index (χ1v) is 6.60. The second-order valence-electron chi connectivity index (χ2n) is 5.40. The monoisotopic (exact) mass is 226 g/mol. The third-order valence-electron chi connectivity index (χ3n) is 3.35. The van der Waals surface area contributed by atoms with E-state index in [9.17, 15) is 4.79 Å². The lowest BCUT2D eigenvalue weighted by Gasteiger charge is -2.27. The molecule has 0 aromatic heterocycles. The molecule has 1 aliphatic rings. The lowest BCUT2D eigenvalue weighted by molar-refractivity contribution is -0.122. The first kappa shape index (κ1) is 13.5. The topological polar surface area (TPSA) is 41.1 Å². The lowest BCUT2D eigenvalue weighted by atomic mass is 9.85. The molecule has 0 radical (unpaired) electrons.